The van der Waals surface area contributed by atoms with E-state index in [1.807, 2.05) is 6.26 Å². The Balaban J connectivity index is 2.12. The van der Waals surface area contributed by atoms with Crippen molar-refractivity contribution in [3.05, 3.63) is 23.9 Å². The van der Waals surface area contributed by atoms with E-state index >= 15 is 0 Å². The number of aromatic nitrogens is 1. The van der Waals surface area contributed by atoms with Gasteiger partial charge in [-0.2, -0.15) is 24.1 Å². The van der Waals surface area contributed by atoms with E-state index in [0.717, 1.165) is 36.7 Å². The van der Waals surface area contributed by atoms with Crippen molar-refractivity contribution >= 4 is 10.9 Å². The SMILES string of the molecule is C[SH](c1ccc(C(F)(F)F)cn1)C1CCCO1. The highest BCUT2D eigenvalue weighted by Crippen LogP contribution is 2.41. The number of ether oxygens (including phenoxy) is 1. The number of halogens is 3. The number of nitrogens with zero attached hydrogens (tertiary/aromatic N) is 1. The van der Waals surface area contributed by atoms with Gasteiger partial charge in [-0.15, -0.1) is 0 Å². The molecule has 2 nitrogen and oxygen atoms in total. The quantitative estimate of drug-likeness (QED) is 0.829. The molecule has 1 fully saturated rings. The molecule has 0 aliphatic carbocycles. The first kappa shape index (κ1) is 12.7. The molecule has 2 unspecified atom stereocenters. The zero-order valence-electron chi connectivity index (χ0n) is 9.37. The zero-order valence-corrected chi connectivity index (χ0v) is 10.3. The Hall–Kier alpha value is -0.750. The van der Waals surface area contributed by atoms with Crippen molar-refractivity contribution in [1.29, 1.82) is 0 Å². The van der Waals surface area contributed by atoms with E-state index in [-0.39, 0.29) is 5.44 Å². The average molecular weight is 265 g/mol. The minimum atomic E-state index is -4.31. The number of hydrogen-bond donors (Lipinski definition) is 1. The minimum Gasteiger partial charge on any atom is -0.369 e. The van der Waals surface area contributed by atoms with Gasteiger partial charge in [-0.05, 0) is 31.2 Å². The summed E-state index contributed by atoms with van der Waals surface area (Å²) in [5.74, 6) is 0. The van der Waals surface area contributed by atoms with Crippen LogP contribution in [0.2, 0.25) is 0 Å². The summed E-state index contributed by atoms with van der Waals surface area (Å²) >= 11 is 0. The number of thiol groups is 1. The average Bonchev–Trinajstić information content (AvgIpc) is 2.80. The fourth-order valence-electron chi connectivity index (χ4n) is 1.78. The number of pyridine rings is 1. The molecule has 0 radical (unpaired) electrons. The first-order valence-electron chi connectivity index (χ1n) is 5.36. The van der Waals surface area contributed by atoms with E-state index in [2.05, 4.69) is 4.98 Å². The first-order chi connectivity index (χ1) is 7.98. The second kappa shape index (κ2) is 4.86. The van der Waals surface area contributed by atoms with Crippen LogP contribution >= 0.6 is 10.9 Å². The van der Waals surface area contributed by atoms with Gasteiger partial charge in [0.05, 0.1) is 16.0 Å². The summed E-state index contributed by atoms with van der Waals surface area (Å²) < 4.78 is 42.6. The van der Waals surface area contributed by atoms with Crippen molar-refractivity contribution < 1.29 is 17.9 Å². The summed E-state index contributed by atoms with van der Waals surface area (Å²) in [5.41, 5.74) is -0.550. The van der Waals surface area contributed by atoms with Gasteiger partial charge in [0, 0.05) is 12.8 Å². The van der Waals surface area contributed by atoms with Gasteiger partial charge in [0.15, 0.2) is 0 Å². The monoisotopic (exact) mass is 265 g/mol. The molecule has 0 amide bonds. The van der Waals surface area contributed by atoms with Crippen LogP contribution in [0.5, 0.6) is 0 Å². The molecular weight excluding hydrogens is 251 g/mol. The summed E-state index contributed by atoms with van der Waals surface area (Å²) in [6.45, 7) is 0.748. The van der Waals surface area contributed by atoms with Crippen LogP contribution < -0.4 is 0 Å². The molecule has 1 aliphatic heterocycles. The van der Waals surface area contributed by atoms with E-state index < -0.39 is 22.6 Å². The molecule has 1 saturated heterocycles. The van der Waals surface area contributed by atoms with Crippen molar-refractivity contribution in [3.63, 3.8) is 0 Å². The van der Waals surface area contributed by atoms with Crippen molar-refractivity contribution in [2.24, 2.45) is 0 Å². The Kier molecular flexibility index (Phi) is 3.63. The highest BCUT2D eigenvalue weighted by molar-refractivity contribution is 8.16. The van der Waals surface area contributed by atoms with E-state index in [1.54, 1.807) is 0 Å². The maximum Gasteiger partial charge on any atom is 0.417 e. The third-order valence-corrected chi connectivity index (χ3v) is 5.03. The van der Waals surface area contributed by atoms with Gasteiger partial charge < -0.3 is 4.74 Å². The standard InChI is InChI=1S/C11H14F3NOS/c1-17(10-3-2-6-16-10)9-5-4-8(7-15-9)11(12,13)14/h4-5,7,10,17H,2-3,6H2,1H3. The Morgan fingerprint density at radius 3 is 2.65 bits per heavy atom. The van der Waals surface area contributed by atoms with Gasteiger partial charge in [0.1, 0.15) is 0 Å². The highest BCUT2D eigenvalue weighted by atomic mass is 32.2. The van der Waals surface area contributed by atoms with Crippen LogP contribution in [-0.2, 0) is 10.9 Å². The van der Waals surface area contributed by atoms with Crippen LogP contribution in [0.25, 0.3) is 0 Å². The fraction of sp³-hybridized carbons (Fsp3) is 0.545. The molecule has 2 rings (SSSR count). The molecule has 96 valence electrons. The molecule has 1 aromatic rings. The van der Waals surface area contributed by atoms with Gasteiger partial charge in [0.25, 0.3) is 0 Å². The Labute approximate surface area is 101 Å². The molecule has 1 aromatic heterocycles. The fourth-order valence-corrected chi connectivity index (χ4v) is 3.52. The van der Waals surface area contributed by atoms with Crippen LogP contribution in [0.15, 0.2) is 23.4 Å². The summed E-state index contributed by atoms with van der Waals surface area (Å²) in [7, 11) is -0.626. The minimum absolute atomic E-state index is 0.147. The van der Waals surface area contributed by atoms with E-state index in [1.165, 1.54) is 6.07 Å². The Bertz CT molecular complexity index is 373. The summed E-state index contributed by atoms with van der Waals surface area (Å²) in [4.78, 5) is 3.92. The van der Waals surface area contributed by atoms with Crippen LogP contribution in [0.3, 0.4) is 0 Å². The number of alkyl halides is 3. The summed E-state index contributed by atoms with van der Waals surface area (Å²) in [5, 5.41) is 0.722. The van der Waals surface area contributed by atoms with Crippen molar-refractivity contribution in [2.45, 2.75) is 29.5 Å². The lowest BCUT2D eigenvalue weighted by molar-refractivity contribution is -0.137. The van der Waals surface area contributed by atoms with Gasteiger partial charge in [-0.3, -0.25) is 4.98 Å². The predicted octanol–water partition coefficient (Wildman–Crippen LogP) is 3.23. The molecule has 0 aromatic carbocycles. The second-order valence-corrected chi connectivity index (χ2v) is 6.24. The van der Waals surface area contributed by atoms with Crippen molar-refractivity contribution in [3.8, 4) is 0 Å². The second-order valence-electron chi connectivity index (χ2n) is 3.98. The van der Waals surface area contributed by atoms with Gasteiger partial charge >= 0.3 is 6.18 Å². The van der Waals surface area contributed by atoms with Crippen molar-refractivity contribution in [1.82, 2.24) is 4.98 Å². The van der Waals surface area contributed by atoms with Crippen LogP contribution in [0.1, 0.15) is 18.4 Å². The molecule has 0 spiro atoms. The maximum atomic E-state index is 12.4. The van der Waals surface area contributed by atoms with E-state index in [0.29, 0.717) is 0 Å². The molecular formula is C11H14F3NOS. The van der Waals surface area contributed by atoms with Gasteiger partial charge in [-0.1, -0.05) is 0 Å². The number of hydrogen-bond acceptors (Lipinski definition) is 2. The molecule has 0 N–H and O–H groups in total. The zero-order chi connectivity index (χ0) is 12.5. The number of rotatable bonds is 2. The predicted molar refractivity (Wildman–Crippen MR) is 61.4 cm³/mol. The normalized spacial score (nSPS) is 23.8. The maximum absolute atomic E-state index is 12.4. The van der Waals surface area contributed by atoms with Crippen LogP contribution in [0, 0.1) is 0 Å². The lowest BCUT2D eigenvalue weighted by Gasteiger charge is -2.22. The smallest absolute Gasteiger partial charge is 0.369 e. The van der Waals surface area contributed by atoms with E-state index in [4.69, 9.17) is 4.74 Å². The molecule has 0 saturated carbocycles. The molecule has 2 atom stereocenters. The topological polar surface area (TPSA) is 22.1 Å². The summed E-state index contributed by atoms with van der Waals surface area (Å²) in [6.07, 6.45) is 0.596. The lowest BCUT2D eigenvalue weighted by atomic mass is 10.3. The third kappa shape index (κ3) is 2.93. The molecule has 6 heteroatoms. The van der Waals surface area contributed by atoms with Gasteiger partial charge in [0.2, 0.25) is 0 Å². The Morgan fingerprint density at radius 1 is 1.41 bits per heavy atom. The Morgan fingerprint density at radius 2 is 2.18 bits per heavy atom. The largest absolute Gasteiger partial charge is 0.417 e. The van der Waals surface area contributed by atoms with Crippen LogP contribution in [-0.4, -0.2) is 23.3 Å². The lowest BCUT2D eigenvalue weighted by Crippen LogP contribution is -2.08. The molecule has 0 bridgehead atoms. The molecule has 1 aliphatic rings. The van der Waals surface area contributed by atoms with Crippen molar-refractivity contribution in [2.75, 3.05) is 12.9 Å². The molecule has 17 heavy (non-hydrogen) atoms. The van der Waals surface area contributed by atoms with Gasteiger partial charge in [-0.25, -0.2) is 0 Å². The highest BCUT2D eigenvalue weighted by Gasteiger charge is 2.31. The van der Waals surface area contributed by atoms with E-state index in [9.17, 15) is 13.2 Å². The van der Waals surface area contributed by atoms with Crippen LogP contribution in [0.4, 0.5) is 13.2 Å². The third-order valence-electron chi connectivity index (χ3n) is 2.77. The summed E-state index contributed by atoms with van der Waals surface area (Å²) in [6, 6.07) is 2.56. The first-order valence-corrected chi connectivity index (χ1v) is 7.22. The molecule has 2 heterocycles.